The zero-order valence-electron chi connectivity index (χ0n) is 17.6. The number of rotatable bonds is 8. The molecule has 2 aromatic rings. The van der Waals surface area contributed by atoms with E-state index in [0.29, 0.717) is 26.2 Å². The van der Waals surface area contributed by atoms with Gasteiger partial charge in [0.2, 0.25) is 0 Å². The summed E-state index contributed by atoms with van der Waals surface area (Å²) in [6, 6.07) is 19.5. The maximum absolute atomic E-state index is 13.1. The average molecular weight is 444 g/mol. The van der Waals surface area contributed by atoms with Crippen molar-refractivity contribution in [2.75, 3.05) is 32.7 Å². The van der Waals surface area contributed by atoms with Gasteiger partial charge in [-0.1, -0.05) is 67.6 Å². The third-order valence-corrected chi connectivity index (χ3v) is 8.28. The lowest BCUT2D eigenvalue weighted by Crippen LogP contribution is -2.56. The van der Waals surface area contributed by atoms with Gasteiger partial charge in [-0.15, -0.1) is 0 Å². The lowest BCUT2D eigenvalue weighted by atomic mass is 10.1. The standard InChI is InChI=1S/C23H29N3O4S/c1-18-21(20-10-6-3-7-11-20)23(18,22(27)28)24-31(29,30)26-16-14-25(15-17-26)13-12-19-8-4-2-5-9-19/h2-11,18,21,24H,12-17H2,1H3,(H,27,28)/t18?,21-,23-/m0/s1. The molecule has 0 spiro atoms. The Morgan fingerprint density at radius 3 is 2.19 bits per heavy atom. The summed E-state index contributed by atoms with van der Waals surface area (Å²) in [6.07, 6.45) is 0.921. The summed E-state index contributed by atoms with van der Waals surface area (Å²) >= 11 is 0. The van der Waals surface area contributed by atoms with Gasteiger partial charge in [0.25, 0.3) is 10.2 Å². The number of hydrogen-bond donors (Lipinski definition) is 2. The van der Waals surface area contributed by atoms with Crippen molar-refractivity contribution in [1.29, 1.82) is 0 Å². The summed E-state index contributed by atoms with van der Waals surface area (Å²) in [5.74, 6) is -1.83. The SMILES string of the molecule is CC1[C@@H](c2ccccc2)[C@]1(NS(=O)(=O)N1CCN(CCc2ccccc2)CC1)C(=O)O. The molecule has 1 aliphatic heterocycles. The van der Waals surface area contributed by atoms with Gasteiger partial charge in [0.15, 0.2) is 0 Å². The van der Waals surface area contributed by atoms with Crippen LogP contribution < -0.4 is 4.72 Å². The highest BCUT2D eigenvalue weighted by atomic mass is 32.2. The van der Waals surface area contributed by atoms with Gasteiger partial charge in [-0.3, -0.25) is 4.79 Å². The van der Waals surface area contributed by atoms with Crippen LogP contribution in [0, 0.1) is 5.92 Å². The highest BCUT2D eigenvalue weighted by Gasteiger charge is 2.70. The van der Waals surface area contributed by atoms with E-state index < -0.39 is 21.7 Å². The number of carboxylic acid groups (broad SMARTS) is 1. The Bertz CT molecular complexity index is 1010. The van der Waals surface area contributed by atoms with Crippen LogP contribution in [0.1, 0.15) is 24.0 Å². The Labute approximate surface area is 183 Å². The van der Waals surface area contributed by atoms with Gasteiger partial charge in [-0.2, -0.15) is 17.4 Å². The molecule has 8 heteroatoms. The quantitative estimate of drug-likeness (QED) is 0.651. The number of carbonyl (C=O) groups is 1. The first-order chi connectivity index (χ1) is 14.8. The van der Waals surface area contributed by atoms with Crippen LogP contribution in [0.3, 0.4) is 0 Å². The van der Waals surface area contributed by atoms with Crippen LogP contribution in [0.15, 0.2) is 60.7 Å². The lowest BCUT2D eigenvalue weighted by Gasteiger charge is -2.34. The number of nitrogens with one attached hydrogen (secondary N) is 1. The minimum Gasteiger partial charge on any atom is -0.480 e. The van der Waals surface area contributed by atoms with E-state index in [9.17, 15) is 18.3 Å². The second kappa shape index (κ2) is 8.70. The number of hydrogen-bond acceptors (Lipinski definition) is 4. The normalized spacial score (nSPS) is 27.1. The first kappa shape index (κ1) is 22.0. The van der Waals surface area contributed by atoms with E-state index in [-0.39, 0.29) is 11.8 Å². The molecule has 4 rings (SSSR count). The Morgan fingerprint density at radius 1 is 1.03 bits per heavy atom. The Hall–Kier alpha value is -2.26. The molecule has 0 radical (unpaired) electrons. The second-order valence-electron chi connectivity index (χ2n) is 8.43. The minimum atomic E-state index is -3.91. The fourth-order valence-corrected chi connectivity index (χ4v) is 6.30. The molecule has 0 bridgehead atoms. The largest absolute Gasteiger partial charge is 0.480 e. The molecule has 2 N–H and O–H groups in total. The van der Waals surface area contributed by atoms with Gasteiger partial charge in [0.05, 0.1) is 0 Å². The van der Waals surface area contributed by atoms with Crippen LogP contribution in [-0.2, 0) is 21.4 Å². The molecule has 0 aromatic heterocycles. The van der Waals surface area contributed by atoms with E-state index in [1.807, 2.05) is 48.5 Å². The number of piperazine rings is 1. The average Bonchev–Trinajstić information content (AvgIpc) is 3.37. The summed E-state index contributed by atoms with van der Waals surface area (Å²) in [7, 11) is -3.91. The fourth-order valence-electron chi connectivity index (χ4n) is 4.70. The third kappa shape index (κ3) is 4.39. The molecule has 2 fully saturated rings. The molecule has 1 saturated carbocycles. The lowest BCUT2D eigenvalue weighted by molar-refractivity contribution is -0.140. The highest BCUT2D eigenvalue weighted by Crippen LogP contribution is 2.57. The van der Waals surface area contributed by atoms with Crippen molar-refractivity contribution in [3.05, 3.63) is 71.8 Å². The van der Waals surface area contributed by atoms with Crippen LogP contribution in [-0.4, -0.2) is 67.0 Å². The molecule has 1 heterocycles. The van der Waals surface area contributed by atoms with Gasteiger partial charge in [0.1, 0.15) is 5.54 Å². The van der Waals surface area contributed by atoms with E-state index in [4.69, 9.17) is 0 Å². The van der Waals surface area contributed by atoms with E-state index >= 15 is 0 Å². The van der Waals surface area contributed by atoms with Crippen molar-refractivity contribution in [3.63, 3.8) is 0 Å². The molecule has 2 aliphatic rings. The van der Waals surface area contributed by atoms with Crippen LogP contribution in [0.5, 0.6) is 0 Å². The predicted octanol–water partition coefficient (Wildman–Crippen LogP) is 1.94. The van der Waals surface area contributed by atoms with Crippen LogP contribution in [0.4, 0.5) is 0 Å². The van der Waals surface area contributed by atoms with E-state index in [0.717, 1.165) is 18.5 Å². The van der Waals surface area contributed by atoms with Crippen molar-refractivity contribution in [2.45, 2.75) is 24.8 Å². The summed E-state index contributed by atoms with van der Waals surface area (Å²) in [5, 5.41) is 9.93. The molecular weight excluding hydrogens is 414 g/mol. The Morgan fingerprint density at radius 2 is 1.61 bits per heavy atom. The van der Waals surface area contributed by atoms with Gasteiger partial charge in [0, 0.05) is 38.6 Å². The van der Waals surface area contributed by atoms with Gasteiger partial charge >= 0.3 is 5.97 Å². The molecule has 7 nitrogen and oxygen atoms in total. The maximum atomic E-state index is 13.1. The number of aliphatic carboxylic acids is 1. The van der Waals surface area contributed by atoms with Crippen molar-refractivity contribution in [2.24, 2.45) is 5.92 Å². The zero-order chi connectivity index (χ0) is 22.1. The first-order valence-electron chi connectivity index (χ1n) is 10.7. The Kier molecular flexibility index (Phi) is 6.16. The molecule has 166 valence electrons. The molecule has 1 saturated heterocycles. The molecule has 31 heavy (non-hydrogen) atoms. The van der Waals surface area contributed by atoms with Gasteiger partial charge < -0.3 is 10.0 Å². The highest BCUT2D eigenvalue weighted by molar-refractivity contribution is 7.87. The van der Waals surface area contributed by atoms with Crippen LogP contribution >= 0.6 is 0 Å². The molecule has 1 unspecified atom stereocenters. The monoisotopic (exact) mass is 443 g/mol. The summed E-state index contributed by atoms with van der Waals surface area (Å²) in [5.41, 5.74) is 0.605. The van der Waals surface area contributed by atoms with Crippen LogP contribution in [0.25, 0.3) is 0 Å². The molecule has 0 amide bonds. The van der Waals surface area contributed by atoms with E-state index in [1.165, 1.54) is 9.87 Å². The second-order valence-corrected chi connectivity index (χ2v) is 10.1. The van der Waals surface area contributed by atoms with Crippen molar-refractivity contribution in [3.8, 4) is 0 Å². The molecule has 3 atom stereocenters. The molecular formula is C23H29N3O4S. The number of benzene rings is 2. The van der Waals surface area contributed by atoms with Crippen molar-refractivity contribution < 1.29 is 18.3 Å². The van der Waals surface area contributed by atoms with Gasteiger partial charge in [-0.05, 0) is 23.5 Å². The van der Waals surface area contributed by atoms with Crippen molar-refractivity contribution >= 4 is 16.2 Å². The smallest absolute Gasteiger partial charge is 0.325 e. The number of nitrogens with zero attached hydrogens (tertiary/aromatic N) is 2. The maximum Gasteiger partial charge on any atom is 0.325 e. The predicted molar refractivity (Wildman–Crippen MR) is 119 cm³/mol. The van der Waals surface area contributed by atoms with Gasteiger partial charge in [-0.25, -0.2) is 0 Å². The zero-order valence-corrected chi connectivity index (χ0v) is 18.5. The minimum absolute atomic E-state index is 0.325. The van der Waals surface area contributed by atoms with Crippen LogP contribution in [0.2, 0.25) is 0 Å². The van der Waals surface area contributed by atoms with E-state index in [1.54, 1.807) is 6.92 Å². The van der Waals surface area contributed by atoms with E-state index in [2.05, 4.69) is 21.8 Å². The number of carboxylic acids is 1. The fraction of sp³-hybridized carbons (Fsp3) is 0.435. The Balaban J connectivity index is 1.38. The first-order valence-corrected chi connectivity index (χ1v) is 12.1. The summed E-state index contributed by atoms with van der Waals surface area (Å²) in [6.45, 7) is 4.62. The summed E-state index contributed by atoms with van der Waals surface area (Å²) < 4.78 is 30.1. The molecule has 1 aliphatic carbocycles. The van der Waals surface area contributed by atoms with Crippen molar-refractivity contribution in [1.82, 2.24) is 13.9 Å². The topological polar surface area (TPSA) is 90.0 Å². The third-order valence-electron chi connectivity index (χ3n) is 6.64. The summed E-state index contributed by atoms with van der Waals surface area (Å²) in [4.78, 5) is 14.4. The molecule has 2 aromatic carbocycles.